The summed E-state index contributed by atoms with van der Waals surface area (Å²) >= 11 is 6.87. The normalized spacial score (nSPS) is 11.5. The molecule has 1 N–H and O–H groups in total. The predicted molar refractivity (Wildman–Crippen MR) is 85.7 cm³/mol. The Morgan fingerprint density at radius 2 is 2.00 bits per heavy atom. The lowest BCUT2D eigenvalue weighted by atomic mass is 10.2. The average Bonchev–Trinajstić information content (AvgIpc) is 2.87. The van der Waals surface area contributed by atoms with Crippen LogP contribution in [-0.2, 0) is 0 Å². The molecule has 3 rings (SSSR count). The number of hydrogen-bond acceptors (Lipinski definition) is 4. The second-order valence-corrected chi connectivity index (χ2v) is 6.13. The van der Waals surface area contributed by atoms with Crippen molar-refractivity contribution in [3.05, 3.63) is 53.1 Å². The van der Waals surface area contributed by atoms with Gasteiger partial charge in [0.05, 0.1) is 10.2 Å². The summed E-state index contributed by atoms with van der Waals surface area (Å²) in [5.74, 6) is -0.755. The number of carbonyl (C=O) groups is 1. The summed E-state index contributed by atoms with van der Waals surface area (Å²) in [4.78, 5) is 16.3. The minimum absolute atomic E-state index is 0.263. The van der Waals surface area contributed by atoms with E-state index < -0.39 is 12.3 Å². The summed E-state index contributed by atoms with van der Waals surface area (Å²) in [6.07, 6.45) is -4.76. The first-order chi connectivity index (χ1) is 11.3. The van der Waals surface area contributed by atoms with Crippen molar-refractivity contribution in [3.8, 4) is 5.75 Å². The highest BCUT2D eigenvalue weighted by Gasteiger charge is 2.31. The molecule has 0 spiro atoms. The SMILES string of the molecule is O=C(Nc1nc2ccc(OC(F)(F)F)cc2s1)c1cccc(Cl)c1. The third kappa shape index (κ3) is 3.95. The Labute approximate surface area is 142 Å². The summed E-state index contributed by atoms with van der Waals surface area (Å²) < 4.78 is 41.0. The van der Waals surface area contributed by atoms with Crippen LogP contribution in [0.15, 0.2) is 42.5 Å². The monoisotopic (exact) mass is 372 g/mol. The fourth-order valence-electron chi connectivity index (χ4n) is 1.95. The lowest BCUT2D eigenvalue weighted by molar-refractivity contribution is -0.274. The van der Waals surface area contributed by atoms with Crippen LogP contribution < -0.4 is 10.1 Å². The number of thiazole rings is 1. The van der Waals surface area contributed by atoms with Gasteiger partial charge in [0.15, 0.2) is 5.13 Å². The van der Waals surface area contributed by atoms with Gasteiger partial charge in [0.25, 0.3) is 5.91 Å². The van der Waals surface area contributed by atoms with Crippen molar-refractivity contribution in [2.75, 3.05) is 5.32 Å². The lowest BCUT2D eigenvalue weighted by Gasteiger charge is -2.07. The summed E-state index contributed by atoms with van der Waals surface area (Å²) in [6, 6.07) is 10.1. The fraction of sp³-hybridized carbons (Fsp3) is 0.0667. The summed E-state index contributed by atoms with van der Waals surface area (Å²) in [5, 5.41) is 3.27. The van der Waals surface area contributed by atoms with Crippen LogP contribution in [0.2, 0.25) is 5.02 Å². The van der Waals surface area contributed by atoms with Gasteiger partial charge in [0.1, 0.15) is 5.75 Å². The van der Waals surface area contributed by atoms with E-state index in [1.807, 2.05) is 0 Å². The lowest BCUT2D eigenvalue weighted by Crippen LogP contribution is -2.16. The van der Waals surface area contributed by atoms with Crippen LogP contribution in [0.1, 0.15) is 10.4 Å². The van der Waals surface area contributed by atoms with Crippen molar-refractivity contribution in [3.63, 3.8) is 0 Å². The van der Waals surface area contributed by atoms with Gasteiger partial charge < -0.3 is 4.74 Å². The Kier molecular flexibility index (Phi) is 4.33. The van der Waals surface area contributed by atoms with Crippen LogP contribution in [0.25, 0.3) is 10.2 Å². The number of anilines is 1. The molecule has 0 aliphatic carbocycles. The first kappa shape index (κ1) is 16.5. The quantitative estimate of drug-likeness (QED) is 0.695. The van der Waals surface area contributed by atoms with Crippen LogP contribution in [0.3, 0.4) is 0 Å². The molecule has 0 aliphatic heterocycles. The largest absolute Gasteiger partial charge is 0.573 e. The van der Waals surface area contributed by atoms with E-state index in [9.17, 15) is 18.0 Å². The molecule has 1 amide bonds. The molecular weight excluding hydrogens is 365 g/mol. The summed E-state index contributed by atoms with van der Waals surface area (Å²) in [5.41, 5.74) is 0.804. The number of aromatic nitrogens is 1. The molecule has 0 aliphatic rings. The zero-order valence-electron chi connectivity index (χ0n) is 11.7. The molecule has 4 nitrogen and oxygen atoms in total. The maximum Gasteiger partial charge on any atom is 0.573 e. The molecule has 1 aromatic heterocycles. The van der Waals surface area contributed by atoms with Crippen LogP contribution in [0.5, 0.6) is 5.75 Å². The Hall–Kier alpha value is -2.32. The highest BCUT2D eigenvalue weighted by Crippen LogP contribution is 2.31. The van der Waals surface area contributed by atoms with E-state index in [0.717, 1.165) is 17.4 Å². The van der Waals surface area contributed by atoms with Crippen LogP contribution in [-0.4, -0.2) is 17.3 Å². The van der Waals surface area contributed by atoms with Crippen LogP contribution >= 0.6 is 22.9 Å². The van der Waals surface area contributed by atoms with Gasteiger partial charge in [-0.15, -0.1) is 13.2 Å². The van der Waals surface area contributed by atoms with Gasteiger partial charge in [-0.2, -0.15) is 0 Å². The van der Waals surface area contributed by atoms with Crippen molar-refractivity contribution in [1.29, 1.82) is 0 Å². The number of amides is 1. The van der Waals surface area contributed by atoms with E-state index in [1.165, 1.54) is 18.2 Å². The number of carbonyl (C=O) groups excluding carboxylic acids is 1. The number of nitrogens with zero attached hydrogens (tertiary/aromatic N) is 1. The van der Waals surface area contributed by atoms with Gasteiger partial charge in [-0.3, -0.25) is 10.1 Å². The minimum atomic E-state index is -4.76. The number of ether oxygens (including phenoxy) is 1. The Morgan fingerprint density at radius 3 is 2.71 bits per heavy atom. The second-order valence-electron chi connectivity index (χ2n) is 4.66. The van der Waals surface area contributed by atoms with E-state index in [2.05, 4.69) is 15.0 Å². The minimum Gasteiger partial charge on any atom is -0.406 e. The molecule has 1 heterocycles. The third-order valence-electron chi connectivity index (χ3n) is 2.90. The van der Waals surface area contributed by atoms with E-state index >= 15 is 0 Å². The van der Waals surface area contributed by atoms with Gasteiger partial charge in [-0.05, 0) is 30.3 Å². The Balaban J connectivity index is 1.82. The Bertz CT molecular complexity index is 911. The van der Waals surface area contributed by atoms with Gasteiger partial charge in [-0.1, -0.05) is 29.0 Å². The first-order valence-corrected chi connectivity index (χ1v) is 7.73. The molecule has 0 bridgehead atoms. The summed E-state index contributed by atoms with van der Waals surface area (Å²) in [7, 11) is 0. The molecule has 124 valence electrons. The maximum atomic E-state index is 12.2. The Morgan fingerprint density at radius 1 is 1.21 bits per heavy atom. The smallest absolute Gasteiger partial charge is 0.406 e. The van der Waals surface area contributed by atoms with Crippen molar-refractivity contribution in [1.82, 2.24) is 4.98 Å². The molecule has 3 aromatic rings. The molecule has 0 unspecified atom stereocenters. The molecule has 2 aromatic carbocycles. The molecule has 0 atom stereocenters. The third-order valence-corrected chi connectivity index (χ3v) is 4.07. The first-order valence-electron chi connectivity index (χ1n) is 6.53. The topological polar surface area (TPSA) is 51.2 Å². The number of nitrogens with one attached hydrogen (secondary N) is 1. The number of benzene rings is 2. The van der Waals surface area contributed by atoms with E-state index in [0.29, 0.717) is 20.8 Å². The molecule has 0 saturated carbocycles. The highest BCUT2D eigenvalue weighted by atomic mass is 35.5. The molecular formula is C15H8ClF3N2O2S. The number of halogens is 4. The van der Waals surface area contributed by atoms with Gasteiger partial charge in [-0.25, -0.2) is 4.98 Å². The molecule has 0 fully saturated rings. The van der Waals surface area contributed by atoms with E-state index in [1.54, 1.807) is 18.2 Å². The zero-order valence-corrected chi connectivity index (χ0v) is 13.3. The zero-order chi connectivity index (χ0) is 17.3. The average molecular weight is 373 g/mol. The predicted octanol–water partition coefficient (Wildman–Crippen LogP) is 5.10. The number of fused-ring (bicyclic) bond motifs is 1. The van der Waals surface area contributed by atoms with Gasteiger partial charge in [0, 0.05) is 16.7 Å². The van der Waals surface area contributed by atoms with E-state index in [-0.39, 0.29) is 10.9 Å². The summed E-state index contributed by atoms with van der Waals surface area (Å²) in [6.45, 7) is 0. The van der Waals surface area contributed by atoms with E-state index in [4.69, 9.17) is 11.6 Å². The molecule has 0 radical (unpaired) electrons. The van der Waals surface area contributed by atoms with Crippen LogP contribution in [0, 0.1) is 0 Å². The number of alkyl halides is 3. The fourth-order valence-corrected chi connectivity index (χ4v) is 3.03. The maximum absolute atomic E-state index is 12.2. The molecule has 0 saturated heterocycles. The van der Waals surface area contributed by atoms with Crippen molar-refractivity contribution in [2.45, 2.75) is 6.36 Å². The van der Waals surface area contributed by atoms with Crippen molar-refractivity contribution in [2.24, 2.45) is 0 Å². The molecule has 9 heteroatoms. The second kappa shape index (κ2) is 6.29. The highest BCUT2D eigenvalue weighted by molar-refractivity contribution is 7.22. The van der Waals surface area contributed by atoms with Crippen molar-refractivity contribution < 1.29 is 22.7 Å². The standard InChI is InChI=1S/C15H8ClF3N2O2S/c16-9-3-1-2-8(6-9)13(22)21-14-20-11-5-4-10(7-12(11)24-14)23-15(17,18)19/h1-7H,(H,20,21,22). The van der Waals surface area contributed by atoms with Gasteiger partial charge in [0.2, 0.25) is 0 Å². The van der Waals surface area contributed by atoms with Crippen molar-refractivity contribution >= 4 is 44.2 Å². The number of rotatable bonds is 3. The molecule has 24 heavy (non-hydrogen) atoms. The van der Waals surface area contributed by atoms with Gasteiger partial charge >= 0.3 is 6.36 Å². The van der Waals surface area contributed by atoms with Crippen LogP contribution in [0.4, 0.5) is 18.3 Å². The number of hydrogen-bond donors (Lipinski definition) is 1.